The van der Waals surface area contributed by atoms with Crippen molar-refractivity contribution in [1.29, 1.82) is 0 Å². The van der Waals surface area contributed by atoms with Gasteiger partial charge in [0.15, 0.2) is 0 Å². The zero-order valence-corrected chi connectivity index (χ0v) is 16.7. The third-order valence-electron chi connectivity index (χ3n) is 4.80. The van der Waals surface area contributed by atoms with Crippen LogP contribution in [-0.2, 0) is 14.8 Å². The molecule has 1 amide bonds. The number of ether oxygens (including phenoxy) is 2. The van der Waals surface area contributed by atoms with Gasteiger partial charge in [-0.25, -0.2) is 8.42 Å². The Hall–Kier alpha value is -2.58. The predicted molar refractivity (Wildman–Crippen MR) is 106 cm³/mol. The molecule has 0 saturated carbocycles. The molecule has 0 spiro atoms. The van der Waals surface area contributed by atoms with Crippen molar-refractivity contribution in [2.24, 2.45) is 5.92 Å². The first-order valence-corrected chi connectivity index (χ1v) is 10.5. The van der Waals surface area contributed by atoms with E-state index in [0.29, 0.717) is 36.6 Å². The number of nitrogens with zero attached hydrogens (tertiary/aromatic N) is 1. The van der Waals surface area contributed by atoms with E-state index in [2.05, 4.69) is 5.32 Å². The summed E-state index contributed by atoms with van der Waals surface area (Å²) in [7, 11) is -0.554. The molecule has 150 valence electrons. The van der Waals surface area contributed by atoms with E-state index in [4.69, 9.17) is 9.47 Å². The van der Waals surface area contributed by atoms with Gasteiger partial charge in [0.1, 0.15) is 11.5 Å². The number of nitrogens with one attached hydrogen (secondary N) is 1. The largest absolute Gasteiger partial charge is 0.497 e. The number of carbonyl (C=O) groups excluding carboxylic acids is 1. The fourth-order valence-corrected chi connectivity index (χ4v) is 4.81. The normalized spacial score (nSPS) is 17.7. The van der Waals surface area contributed by atoms with E-state index >= 15 is 0 Å². The molecule has 1 atom stereocenters. The number of amides is 1. The second kappa shape index (κ2) is 8.62. The maximum atomic E-state index is 12.9. The Labute approximate surface area is 165 Å². The molecule has 0 radical (unpaired) electrons. The van der Waals surface area contributed by atoms with Crippen molar-refractivity contribution in [2.75, 3.05) is 32.6 Å². The Morgan fingerprint density at radius 1 is 1.11 bits per heavy atom. The molecule has 0 bridgehead atoms. The molecule has 2 aromatic carbocycles. The van der Waals surface area contributed by atoms with Crippen molar-refractivity contribution in [3.05, 3.63) is 48.5 Å². The Kier molecular flexibility index (Phi) is 6.21. The van der Waals surface area contributed by atoms with E-state index < -0.39 is 15.9 Å². The van der Waals surface area contributed by atoms with Crippen LogP contribution in [0, 0.1) is 5.92 Å². The highest BCUT2D eigenvalue weighted by atomic mass is 32.2. The fraction of sp³-hybridized carbons (Fsp3) is 0.350. The standard InChI is InChI=1S/C20H24N2O5S/c1-26-16-10-11-19(27-2)18(13-16)21-20(23)15-7-6-12-22(14-15)28(24,25)17-8-4-3-5-9-17/h3-5,8-11,13,15H,6-7,12,14H2,1-2H3,(H,21,23)/t15-/m1/s1. The molecule has 0 aromatic heterocycles. The van der Waals surface area contributed by atoms with Crippen molar-refractivity contribution in [2.45, 2.75) is 17.7 Å². The van der Waals surface area contributed by atoms with Gasteiger partial charge < -0.3 is 14.8 Å². The molecule has 28 heavy (non-hydrogen) atoms. The zero-order valence-electron chi connectivity index (χ0n) is 15.9. The summed E-state index contributed by atoms with van der Waals surface area (Å²) in [6.45, 7) is 0.554. The van der Waals surface area contributed by atoms with E-state index in [1.54, 1.807) is 55.6 Å². The number of piperidine rings is 1. The summed E-state index contributed by atoms with van der Waals surface area (Å²) >= 11 is 0. The lowest BCUT2D eigenvalue weighted by molar-refractivity contribution is -0.120. The van der Waals surface area contributed by atoms with Crippen molar-refractivity contribution < 1.29 is 22.7 Å². The summed E-state index contributed by atoms with van der Waals surface area (Å²) in [5.41, 5.74) is 0.495. The number of anilines is 1. The minimum atomic E-state index is -3.62. The third kappa shape index (κ3) is 4.28. The Bertz CT molecular complexity index is 931. The number of hydrogen-bond donors (Lipinski definition) is 1. The average molecular weight is 404 g/mol. The van der Waals surface area contributed by atoms with Crippen LogP contribution < -0.4 is 14.8 Å². The number of hydrogen-bond acceptors (Lipinski definition) is 5. The van der Waals surface area contributed by atoms with Gasteiger partial charge in [0.05, 0.1) is 30.7 Å². The maximum absolute atomic E-state index is 12.9. The Balaban J connectivity index is 1.75. The first-order chi connectivity index (χ1) is 13.5. The number of methoxy groups -OCH3 is 2. The van der Waals surface area contributed by atoms with Gasteiger partial charge in [0.25, 0.3) is 0 Å². The van der Waals surface area contributed by atoms with Crippen LogP contribution in [-0.4, -0.2) is 45.9 Å². The molecular weight excluding hydrogens is 380 g/mol. The van der Waals surface area contributed by atoms with Gasteiger partial charge in [-0.1, -0.05) is 18.2 Å². The second-order valence-corrected chi connectivity index (χ2v) is 8.51. The Morgan fingerprint density at radius 3 is 2.54 bits per heavy atom. The molecule has 1 aliphatic rings. The molecular formula is C20H24N2O5S. The maximum Gasteiger partial charge on any atom is 0.243 e. The monoisotopic (exact) mass is 404 g/mol. The van der Waals surface area contributed by atoms with Crippen molar-refractivity contribution >= 4 is 21.6 Å². The van der Waals surface area contributed by atoms with Crippen LogP contribution in [0.4, 0.5) is 5.69 Å². The molecule has 2 aromatic rings. The lowest BCUT2D eigenvalue weighted by atomic mass is 9.98. The molecule has 1 saturated heterocycles. The molecule has 1 aliphatic heterocycles. The third-order valence-corrected chi connectivity index (χ3v) is 6.68. The molecule has 7 nitrogen and oxygen atoms in total. The van der Waals surface area contributed by atoms with Gasteiger partial charge in [-0.2, -0.15) is 4.31 Å². The smallest absolute Gasteiger partial charge is 0.243 e. The van der Waals surface area contributed by atoms with Gasteiger partial charge in [0.2, 0.25) is 15.9 Å². The lowest BCUT2D eigenvalue weighted by Gasteiger charge is -2.31. The minimum absolute atomic E-state index is 0.148. The second-order valence-electron chi connectivity index (χ2n) is 6.57. The van der Waals surface area contributed by atoms with Crippen molar-refractivity contribution in [3.8, 4) is 11.5 Å². The molecule has 0 aliphatic carbocycles. The van der Waals surface area contributed by atoms with E-state index in [9.17, 15) is 13.2 Å². The van der Waals surface area contributed by atoms with Crippen LogP contribution >= 0.6 is 0 Å². The molecule has 1 N–H and O–H groups in total. The molecule has 0 unspecified atom stereocenters. The zero-order chi connectivity index (χ0) is 20.1. The van der Waals surface area contributed by atoms with Crippen molar-refractivity contribution in [3.63, 3.8) is 0 Å². The molecule has 1 heterocycles. The summed E-state index contributed by atoms with van der Waals surface area (Å²) in [5.74, 6) is 0.425. The first-order valence-electron chi connectivity index (χ1n) is 9.04. The first kappa shape index (κ1) is 20.2. The van der Waals surface area contributed by atoms with Crippen molar-refractivity contribution in [1.82, 2.24) is 4.31 Å². The highest BCUT2D eigenvalue weighted by Gasteiger charge is 2.33. The van der Waals surface area contributed by atoms with E-state index in [1.807, 2.05) is 0 Å². The van der Waals surface area contributed by atoms with Gasteiger partial charge in [-0.05, 0) is 37.1 Å². The van der Waals surface area contributed by atoms with E-state index in [-0.39, 0.29) is 17.3 Å². The SMILES string of the molecule is COc1ccc(OC)c(NC(=O)[C@@H]2CCCN(S(=O)(=O)c3ccccc3)C2)c1. The van der Waals surface area contributed by atoms with Crippen LogP contribution in [0.2, 0.25) is 0 Å². The van der Waals surface area contributed by atoms with Gasteiger partial charge in [-0.15, -0.1) is 0 Å². The highest BCUT2D eigenvalue weighted by molar-refractivity contribution is 7.89. The van der Waals surface area contributed by atoms with Crippen LogP contribution in [0.15, 0.2) is 53.4 Å². The number of rotatable bonds is 6. The van der Waals surface area contributed by atoms with E-state index in [1.165, 1.54) is 11.4 Å². The molecule has 8 heteroatoms. The Morgan fingerprint density at radius 2 is 1.86 bits per heavy atom. The predicted octanol–water partition coefficient (Wildman–Crippen LogP) is 2.74. The van der Waals surface area contributed by atoms with Gasteiger partial charge in [0, 0.05) is 19.2 Å². The highest BCUT2D eigenvalue weighted by Crippen LogP contribution is 2.30. The minimum Gasteiger partial charge on any atom is -0.497 e. The van der Waals surface area contributed by atoms with Gasteiger partial charge in [-0.3, -0.25) is 4.79 Å². The summed E-state index contributed by atoms with van der Waals surface area (Å²) in [4.78, 5) is 13.1. The van der Waals surface area contributed by atoms with E-state index in [0.717, 1.165) is 0 Å². The van der Waals surface area contributed by atoms with Crippen LogP contribution in [0.25, 0.3) is 0 Å². The van der Waals surface area contributed by atoms with Crippen LogP contribution in [0.1, 0.15) is 12.8 Å². The molecule has 1 fully saturated rings. The van der Waals surface area contributed by atoms with Crippen LogP contribution in [0.3, 0.4) is 0 Å². The summed E-state index contributed by atoms with van der Waals surface area (Å²) in [6, 6.07) is 13.4. The number of sulfonamides is 1. The van der Waals surface area contributed by atoms with Crippen LogP contribution in [0.5, 0.6) is 11.5 Å². The average Bonchev–Trinajstić information content (AvgIpc) is 2.74. The summed E-state index contributed by atoms with van der Waals surface area (Å²) < 4.78 is 37.6. The lowest BCUT2D eigenvalue weighted by Crippen LogP contribution is -2.43. The quantitative estimate of drug-likeness (QED) is 0.800. The molecule has 3 rings (SSSR count). The fourth-order valence-electron chi connectivity index (χ4n) is 3.26. The topological polar surface area (TPSA) is 84.9 Å². The summed E-state index contributed by atoms with van der Waals surface area (Å²) in [5, 5.41) is 2.85. The summed E-state index contributed by atoms with van der Waals surface area (Å²) in [6.07, 6.45) is 1.25. The number of benzene rings is 2. The van der Waals surface area contributed by atoms with Gasteiger partial charge >= 0.3 is 0 Å². The number of carbonyl (C=O) groups is 1.